The molecule has 14 heteroatoms. The Labute approximate surface area is 202 Å². The second-order valence-corrected chi connectivity index (χ2v) is 8.88. The molecule has 1 aliphatic rings. The first-order chi connectivity index (χ1) is 16.2. The average molecular weight is 514 g/mol. The molecule has 8 atom stereocenters. The fourth-order valence-corrected chi connectivity index (χ4v) is 3.46. The maximum atomic E-state index is 14.5. The summed E-state index contributed by atoms with van der Waals surface area (Å²) < 4.78 is 33.9. The summed E-state index contributed by atoms with van der Waals surface area (Å²) in [5.74, 6) is -6.32. The van der Waals surface area contributed by atoms with Crippen LogP contribution >= 0.6 is 0 Å². The summed E-state index contributed by atoms with van der Waals surface area (Å²) in [7, 11) is 0. The van der Waals surface area contributed by atoms with E-state index in [9.17, 15) is 38.5 Å². The molecule has 12 nitrogen and oxygen atoms in total. The van der Waals surface area contributed by atoms with Crippen LogP contribution < -0.4 is 16.0 Å². The number of amides is 2. The molecule has 0 bridgehead atoms. The molecule has 0 spiro atoms. The summed E-state index contributed by atoms with van der Waals surface area (Å²) in [4.78, 5) is 34.9. The van der Waals surface area contributed by atoms with Gasteiger partial charge < -0.3 is 46.2 Å². The average Bonchev–Trinajstić information content (AvgIpc) is 2.79. The molecular formula is C21H37F2N3O9. The summed E-state index contributed by atoms with van der Waals surface area (Å²) in [6.07, 6.45) is -7.84. The number of alkyl halides is 2. The molecule has 1 heterocycles. The van der Waals surface area contributed by atoms with Crippen molar-refractivity contribution in [2.24, 2.45) is 5.92 Å². The molecule has 1 saturated heterocycles. The van der Waals surface area contributed by atoms with Gasteiger partial charge in [0.25, 0.3) is 5.92 Å². The Morgan fingerprint density at radius 3 is 2.11 bits per heavy atom. The molecule has 2 amide bonds. The van der Waals surface area contributed by atoms with Gasteiger partial charge >= 0.3 is 5.97 Å². The van der Waals surface area contributed by atoms with Gasteiger partial charge in [0.2, 0.25) is 11.8 Å². The van der Waals surface area contributed by atoms with Gasteiger partial charge in [0.05, 0.1) is 13.2 Å². The van der Waals surface area contributed by atoms with E-state index >= 15 is 0 Å². The van der Waals surface area contributed by atoms with Gasteiger partial charge in [0.1, 0.15) is 36.5 Å². The van der Waals surface area contributed by atoms with E-state index in [0.29, 0.717) is 19.3 Å². The number of rotatable bonds is 14. The Balaban J connectivity index is 2.35. The lowest BCUT2D eigenvalue weighted by Crippen LogP contribution is -2.64. The molecule has 1 fully saturated rings. The second kappa shape index (κ2) is 13.9. The van der Waals surface area contributed by atoms with Crippen molar-refractivity contribution >= 4 is 17.8 Å². The standard InChI is InChI=1S/C21H37F2N3O9/c1-10(18(31)25-11(2)19(32)26-12(3)20(33)34)6-4-5-7-24-9-21(22,23)17-16(30)15(29)14(28)13(8-27)35-17/h10-17,24,27-30H,4-9H2,1-3H3,(H,25,31)(H,26,32)(H,33,34)/t10-,11-,12-,13+,14-,15-,16+,17+/m0/s1. The van der Waals surface area contributed by atoms with E-state index in [-0.39, 0.29) is 6.54 Å². The van der Waals surface area contributed by atoms with Crippen molar-refractivity contribution in [1.29, 1.82) is 0 Å². The molecule has 0 unspecified atom stereocenters. The number of carboxylic acids is 1. The van der Waals surface area contributed by atoms with E-state index in [2.05, 4.69) is 16.0 Å². The molecule has 1 rings (SSSR count). The predicted molar refractivity (Wildman–Crippen MR) is 117 cm³/mol. The van der Waals surface area contributed by atoms with Crippen molar-refractivity contribution in [2.45, 2.75) is 88.6 Å². The lowest BCUT2D eigenvalue weighted by molar-refractivity contribution is -0.278. The van der Waals surface area contributed by atoms with Crippen LogP contribution in [0.2, 0.25) is 0 Å². The van der Waals surface area contributed by atoms with E-state index in [1.165, 1.54) is 13.8 Å². The third-order valence-corrected chi connectivity index (χ3v) is 5.84. The quantitative estimate of drug-likeness (QED) is 0.120. The summed E-state index contributed by atoms with van der Waals surface area (Å²) in [6.45, 7) is 2.84. The highest BCUT2D eigenvalue weighted by molar-refractivity contribution is 5.90. The number of ether oxygens (including phenoxy) is 1. The van der Waals surface area contributed by atoms with Crippen molar-refractivity contribution in [3.8, 4) is 0 Å². The van der Waals surface area contributed by atoms with Crippen LogP contribution in [0, 0.1) is 5.92 Å². The fraction of sp³-hybridized carbons (Fsp3) is 0.857. The van der Waals surface area contributed by atoms with Gasteiger partial charge in [0, 0.05) is 5.92 Å². The minimum absolute atomic E-state index is 0.160. The Bertz CT molecular complexity index is 714. The van der Waals surface area contributed by atoms with Gasteiger partial charge in [-0.15, -0.1) is 0 Å². The van der Waals surface area contributed by atoms with Crippen LogP contribution in [-0.4, -0.2) is 112 Å². The highest BCUT2D eigenvalue weighted by Gasteiger charge is 2.54. The molecule has 0 aromatic carbocycles. The number of carbonyl (C=O) groups is 3. The largest absolute Gasteiger partial charge is 0.480 e. The van der Waals surface area contributed by atoms with Crippen LogP contribution in [0.25, 0.3) is 0 Å². The van der Waals surface area contributed by atoms with Gasteiger partial charge in [-0.25, -0.2) is 8.78 Å². The molecule has 0 aromatic rings. The molecule has 0 aliphatic carbocycles. The van der Waals surface area contributed by atoms with Crippen LogP contribution in [0.15, 0.2) is 0 Å². The zero-order chi connectivity index (χ0) is 26.9. The molecule has 0 aromatic heterocycles. The normalized spacial score (nSPS) is 27.5. The Hall–Kier alpha value is -1.97. The lowest BCUT2D eigenvalue weighted by Gasteiger charge is -2.42. The van der Waals surface area contributed by atoms with Crippen molar-refractivity contribution < 1.29 is 53.4 Å². The first kappa shape index (κ1) is 31.1. The van der Waals surface area contributed by atoms with Crippen molar-refractivity contribution in [1.82, 2.24) is 16.0 Å². The number of aliphatic hydroxyl groups excluding tert-OH is 4. The molecule has 204 valence electrons. The molecule has 0 saturated carbocycles. The monoisotopic (exact) mass is 513 g/mol. The number of hydrogen-bond acceptors (Lipinski definition) is 9. The SMILES string of the molecule is C[C@H](NC(=O)[C@H](C)NC(=O)[C@@H](C)CCCCNCC(F)(F)[C@@H]1O[C@H](CO)[C@H](O)[C@H](O)[C@H]1O)C(=O)O. The van der Waals surface area contributed by atoms with E-state index in [0.717, 1.165) is 0 Å². The Morgan fingerprint density at radius 2 is 1.54 bits per heavy atom. The number of halogens is 2. The summed E-state index contributed by atoms with van der Waals surface area (Å²) in [5, 5.41) is 54.5. The summed E-state index contributed by atoms with van der Waals surface area (Å²) in [6, 6.07) is -2.03. The second-order valence-electron chi connectivity index (χ2n) is 8.88. The molecular weight excluding hydrogens is 476 g/mol. The molecule has 0 radical (unpaired) electrons. The van der Waals surface area contributed by atoms with E-state index < -0.39 is 85.4 Å². The highest BCUT2D eigenvalue weighted by atomic mass is 19.3. The minimum atomic E-state index is -3.60. The third kappa shape index (κ3) is 9.20. The van der Waals surface area contributed by atoms with Crippen LogP contribution in [0.5, 0.6) is 0 Å². The number of carbonyl (C=O) groups excluding carboxylic acids is 2. The zero-order valence-corrected chi connectivity index (χ0v) is 20.0. The van der Waals surface area contributed by atoms with Crippen LogP contribution in [0.1, 0.15) is 40.0 Å². The van der Waals surface area contributed by atoms with Gasteiger partial charge in [-0.05, 0) is 33.2 Å². The maximum Gasteiger partial charge on any atom is 0.325 e. The van der Waals surface area contributed by atoms with Crippen molar-refractivity contribution in [3.05, 3.63) is 0 Å². The molecule has 1 aliphatic heterocycles. The van der Waals surface area contributed by atoms with Gasteiger partial charge in [-0.3, -0.25) is 14.4 Å². The zero-order valence-electron chi connectivity index (χ0n) is 20.0. The lowest BCUT2D eigenvalue weighted by atomic mass is 9.92. The molecule has 8 N–H and O–H groups in total. The van der Waals surface area contributed by atoms with Crippen molar-refractivity contribution in [2.75, 3.05) is 19.7 Å². The van der Waals surface area contributed by atoms with Crippen LogP contribution in [-0.2, 0) is 19.1 Å². The predicted octanol–water partition coefficient (Wildman–Crippen LogP) is -2.05. The summed E-state index contributed by atoms with van der Waals surface area (Å²) in [5.41, 5.74) is 0. The number of unbranched alkanes of at least 4 members (excludes halogenated alkanes) is 1. The highest BCUT2D eigenvalue weighted by Crippen LogP contribution is 2.31. The van der Waals surface area contributed by atoms with Crippen molar-refractivity contribution in [3.63, 3.8) is 0 Å². The van der Waals surface area contributed by atoms with Gasteiger partial charge in [-0.2, -0.15) is 0 Å². The van der Waals surface area contributed by atoms with E-state index in [4.69, 9.17) is 14.9 Å². The van der Waals surface area contributed by atoms with E-state index in [1.54, 1.807) is 6.92 Å². The number of carboxylic acid groups (broad SMARTS) is 1. The Morgan fingerprint density at radius 1 is 0.943 bits per heavy atom. The third-order valence-electron chi connectivity index (χ3n) is 5.84. The maximum absolute atomic E-state index is 14.5. The fourth-order valence-electron chi connectivity index (χ4n) is 3.46. The number of aliphatic carboxylic acids is 1. The first-order valence-electron chi connectivity index (χ1n) is 11.5. The number of aliphatic hydroxyl groups is 4. The number of nitrogens with one attached hydrogen (secondary N) is 3. The van der Waals surface area contributed by atoms with Gasteiger partial charge in [0.15, 0.2) is 6.10 Å². The number of hydrogen-bond donors (Lipinski definition) is 8. The smallest absolute Gasteiger partial charge is 0.325 e. The topological polar surface area (TPSA) is 198 Å². The van der Waals surface area contributed by atoms with E-state index in [1.807, 2.05) is 0 Å². The summed E-state index contributed by atoms with van der Waals surface area (Å²) >= 11 is 0. The first-order valence-corrected chi connectivity index (χ1v) is 11.5. The van der Waals surface area contributed by atoms with Crippen LogP contribution in [0.3, 0.4) is 0 Å². The van der Waals surface area contributed by atoms with Crippen LogP contribution in [0.4, 0.5) is 8.78 Å². The molecule has 35 heavy (non-hydrogen) atoms. The van der Waals surface area contributed by atoms with Gasteiger partial charge in [-0.1, -0.05) is 13.3 Å². The Kier molecular flexibility index (Phi) is 12.4. The minimum Gasteiger partial charge on any atom is -0.480 e.